The second-order valence-corrected chi connectivity index (χ2v) is 9.10. The third-order valence-electron chi connectivity index (χ3n) is 5.97. The molecule has 3 heterocycles. The van der Waals surface area contributed by atoms with Gasteiger partial charge >= 0.3 is 0 Å². The van der Waals surface area contributed by atoms with Crippen molar-refractivity contribution in [1.29, 1.82) is 0 Å². The fourth-order valence-electron chi connectivity index (χ4n) is 4.33. The number of carbonyl (C=O) groups excluding carboxylic acids is 1. The molecule has 0 aromatic carbocycles. The molecule has 2 aromatic heterocycles. The highest BCUT2D eigenvalue weighted by molar-refractivity contribution is 7.18. The predicted molar refractivity (Wildman–Crippen MR) is 108 cm³/mol. The minimum absolute atomic E-state index is 0.0391. The van der Waals surface area contributed by atoms with Gasteiger partial charge in [-0.05, 0) is 50.6 Å². The lowest BCUT2D eigenvalue weighted by Gasteiger charge is -2.32. The fraction of sp³-hybridized carbons (Fsp3) is 0.650. The van der Waals surface area contributed by atoms with E-state index in [2.05, 4.69) is 17.2 Å². The van der Waals surface area contributed by atoms with Gasteiger partial charge in [-0.15, -0.1) is 11.3 Å². The van der Waals surface area contributed by atoms with Gasteiger partial charge in [0.05, 0.1) is 5.39 Å². The number of aromatic amines is 1. The van der Waals surface area contributed by atoms with Crippen LogP contribution in [0.1, 0.15) is 48.9 Å². The molecule has 0 spiro atoms. The zero-order valence-electron chi connectivity index (χ0n) is 16.1. The minimum atomic E-state index is -0.0391. The Morgan fingerprint density at radius 1 is 1.41 bits per heavy atom. The third-order valence-corrected chi connectivity index (χ3v) is 7.12. The van der Waals surface area contributed by atoms with E-state index in [1.807, 2.05) is 11.9 Å². The van der Waals surface area contributed by atoms with Crippen LogP contribution in [0.5, 0.6) is 0 Å². The summed E-state index contributed by atoms with van der Waals surface area (Å²) in [5.41, 5.74) is 1.17. The number of likely N-dealkylation sites (N-methyl/N-ethyl adjacent to an activating group) is 1. The van der Waals surface area contributed by atoms with Crippen molar-refractivity contribution in [1.82, 2.24) is 20.2 Å². The maximum Gasteiger partial charge on any atom is 0.259 e. The lowest BCUT2D eigenvalue weighted by atomic mass is 9.89. The van der Waals surface area contributed by atoms with Crippen LogP contribution in [0.4, 0.5) is 0 Å². The second-order valence-electron chi connectivity index (χ2n) is 8.01. The number of aryl methyl sites for hydroxylation is 2. The van der Waals surface area contributed by atoms with Crippen molar-refractivity contribution in [3.8, 4) is 0 Å². The number of amides is 1. The molecule has 2 aromatic rings. The maximum absolute atomic E-state index is 12.6. The lowest BCUT2D eigenvalue weighted by Crippen LogP contribution is -2.47. The summed E-state index contributed by atoms with van der Waals surface area (Å²) in [5, 5.41) is 4.05. The van der Waals surface area contributed by atoms with Crippen molar-refractivity contribution in [2.75, 3.05) is 20.1 Å². The largest absolute Gasteiger partial charge is 0.341 e. The Balaban J connectivity index is 1.48. The molecule has 4 rings (SSSR count). The molecule has 0 radical (unpaired) electrons. The summed E-state index contributed by atoms with van der Waals surface area (Å²) in [6.45, 7) is 3.87. The number of piperidine rings is 1. The van der Waals surface area contributed by atoms with E-state index >= 15 is 0 Å². The number of aromatic nitrogens is 2. The first kappa shape index (κ1) is 18.6. The SMILES string of the molecule is CNC1CCCN(C(=O)CCc2nc3sc4c(c3c(=O)[nH]2)CCC(C)C4)C1. The van der Waals surface area contributed by atoms with Crippen LogP contribution in [-0.2, 0) is 24.1 Å². The van der Waals surface area contributed by atoms with E-state index in [0.717, 1.165) is 55.4 Å². The number of carbonyl (C=O) groups is 1. The van der Waals surface area contributed by atoms with Gasteiger partial charge in [-0.25, -0.2) is 4.98 Å². The molecule has 146 valence electrons. The van der Waals surface area contributed by atoms with Crippen LogP contribution in [-0.4, -0.2) is 47.0 Å². The van der Waals surface area contributed by atoms with Gasteiger partial charge in [-0.2, -0.15) is 0 Å². The number of rotatable bonds is 4. The standard InChI is InChI=1S/C20H28N4O2S/c1-12-5-6-14-15(10-12)27-20-18(14)19(26)22-16(23-20)7-8-17(25)24-9-3-4-13(11-24)21-2/h12-13,21H,3-11H2,1-2H3,(H,22,23,26). The summed E-state index contributed by atoms with van der Waals surface area (Å²) in [6, 6.07) is 0.386. The monoisotopic (exact) mass is 388 g/mol. The van der Waals surface area contributed by atoms with Crippen molar-refractivity contribution in [2.45, 2.75) is 57.9 Å². The molecule has 6 nitrogen and oxygen atoms in total. The molecule has 0 bridgehead atoms. The number of nitrogens with one attached hydrogen (secondary N) is 2. The quantitative estimate of drug-likeness (QED) is 0.842. The normalized spacial score (nSPS) is 22.8. The molecule has 2 unspecified atom stereocenters. The summed E-state index contributed by atoms with van der Waals surface area (Å²) in [5.74, 6) is 1.46. The minimum Gasteiger partial charge on any atom is -0.341 e. The summed E-state index contributed by atoms with van der Waals surface area (Å²) >= 11 is 1.66. The Hall–Kier alpha value is -1.73. The van der Waals surface area contributed by atoms with E-state index in [1.165, 1.54) is 10.4 Å². The van der Waals surface area contributed by atoms with Crippen LogP contribution in [0, 0.1) is 5.92 Å². The van der Waals surface area contributed by atoms with Gasteiger partial charge in [-0.3, -0.25) is 9.59 Å². The van der Waals surface area contributed by atoms with Gasteiger partial charge in [0.15, 0.2) is 0 Å². The lowest BCUT2D eigenvalue weighted by molar-refractivity contribution is -0.132. The van der Waals surface area contributed by atoms with E-state index in [9.17, 15) is 9.59 Å². The van der Waals surface area contributed by atoms with Crippen molar-refractivity contribution in [3.63, 3.8) is 0 Å². The van der Waals surface area contributed by atoms with Gasteiger partial charge in [0, 0.05) is 36.9 Å². The zero-order valence-corrected chi connectivity index (χ0v) is 17.0. The molecule has 1 amide bonds. The molecule has 2 atom stereocenters. The smallest absolute Gasteiger partial charge is 0.259 e. The van der Waals surface area contributed by atoms with Crippen LogP contribution in [0.15, 0.2) is 4.79 Å². The first-order valence-corrected chi connectivity index (χ1v) is 10.8. The van der Waals surface area contributed by atoms with Crippen LogP contribution >= 0.6 is 11.3 Å². The van der Waals surface area contributed by atoms with E-state index < -0.39 is 0 Å². The predicted octanol–water partition coefficient (Wildman–Crippen LogP) is 2.25. The molecule has 1 aliphatic carbocycles. The number of likely N-dealkylation sites (tertiary alicyclic amines) is 1. The molecule has 0 saturated carbocycles. The van der Waals surface area contributed by atoms with Crippen LogP contribution in [0.3, 0.4) is 0 Å². The zero-order chi connectivity index (χ0) is 19.0. The topological polar surface area (TPSA) is 78.1 Å². The maximum atomic E-state index is 12.6. The molecule has 1 fully saturated rings. The first-order valence-electron chi connectivity index (χ1n) is 10.0. The van der Waals surface area contributed by atoms with Crippen LogP contribution in [0.2, 0.25) is 0 Å². The van der Waals surface area contributed by atoms with Gasteiger partial charge in [0.2, 0.25) is 5.91 Å². The van der Waals surface area contributed by atoms with Gasteiger partial charge < -0.3 is 15.2 Å². The van der Waals surface area contributed by atoms with E-state index in [1.54, 1.807) is 11.3 Å². The van der Waals surface area contributed by atoms with E-state index in [-0.39, 0.29) is 11.5 Å². The number of thiophene rings is 1. The molecule has 2 N–H and O–H groups in total. The summed E-state index contributed by atoms with van der Waals surface area (Å²) < 4.78 is 0. The number of H-pyrrole nitrogens is 1. The summed E-state index contributed by atoms with van der Waals surface area (Å²) in [6.07, 6.45) is 6.20. The average molecular weight is 389 g/mol. The number of nitrogens with zero attached hydrogens (tertiary/aromatic N) is 2. The highest BCUT2D eigenvalue weighted by atomic mass is 32.1. The second kappa shape index (κ2) is 7.72. The molecule has 2 aliphatic rings. The fourth-order valence-corrected chi connectivity index (χ4v) is 5.74. The average Bonchev–Trinajstić information content (AvgIpc) is 3.03. The summed E-state index contributed by atoms with van der Waals surface area (Å²) in [4.78, 5) is 36.9. The molecule has 7 heteroatoms. The Bertz CT molecular complexity index is 903. The van der Waals surface area contributed by atoms with Crippen LogP contribution < -0.4 is 10.9 Å². The number of fused-ring (bicyclic) bond motifs is 3. The third kappa shape index (κ3) is 3.80. The summed E-state index contributed by atoms with van der Waals surface area (Å²) in [7, 11) is 1.95. The Morgan fingerprint density at radius 3 is 3.07 bits per heavy atom. The van der Waals surface area contributed by atoms with Gasteiger partial charge in [-0.1, -0.05) is 6.92 Å². The molecule has 1 aliphatic heterocycles. The van der Waals surface area contributed by atoms with Crippen LogP contribution in [0.25, 0.3) is 10.2 Å². The molecule has 1 saturated heterocycles. The van der Waals surface area contributed by atoms with Gasteiger partial charge in [0.25, 0.3) is 5.56 Å². The van der Waals surface area contributed by atoms with E-state index in [4.69, 9.17) is 4.98 Å². The van der Waals surface area contributed by atoms with Crippen molar-refractivity contribution in [3.05, 3.63) is 26.6 Å². The Kier molecular flexibility index (Phi) is 5.32. The van der Waals surface area contributed by atoms with Crippen molar-refractivity contribution in [2.24, 2.45) is 5.92 Å². The molecular weight excluding hydrogens is 360 g/mol. The Labute approximate surface area is 163 Å². The number of hydrogen-bond acceptors (Lipinski definition) is 5. The first-order chi connectivity index (χ1) is 13.0. The van der Waals surface area contributed by atoms with E-state index in [0.29, 0.717) is 30.6 Å². The molecular formula is C20H28N4O2S. The number of hydrogen-bond donors (Lipinski definition) is 2. The highest BCUT2D eigenvalue weighted by Crippen LogP contribution is 2.35. The molecule has 27 heavy (non-hydrogen) atoms. The van der Waals surface area contributed by atoms with Crippen molar-refractivity contribution >= 4 is 27.5 Å². The Morgan fingerprint density at radius 2 is 2.26 bits per heavy atom. The van der Waals surface area contributed by atoms with Gasteiger partial charge in [0.1, 0.15) is 10.7 Å². The highest BCUT2D eigenvalue weighted by Gasteiger charge is 2.24. The van der Waals surface area contributed by atoms with Crippen molar-refractivity contribution < 1.29 is 4.79 Å².